The summed E-state index contributed by atoms with van der Waals surface area (Å²) in [6, 6.07) is 13.9. The smallest absolute Gasteiger partial charge is 0.282 e. The molecule has 0 atom stereocenters. The van der Waals surface area contributed by atoms with Gasteiger partial charge >= 0.3 is 0 Å². The number of nitro benzene ring substituents is 1. The summed E-state index contributed by atoms with van der Waals surface area (Å²) in [5.74, 6) is -2.34. The van der Waals surface area contributed by atoms with E-state index in [2.05, 4.69) is 0 Å². The number of hydrogen-bond acceptors (Lipinski definition) is 6. The SMILES string of the molecule is N#CCN(C(=O)CN1C(=O)c2cccc([N+](=O)[O-])c2C1=O)c1ccccc1. The predicted octanol–water partition coefficient (Wildman–Crippen LogP) is 1.75. The summed E-state index contributed by atoms with van der Waals surface area (Å²) < 4.78 is 0. The fourth-order valence-electron chi connectivity index (χ4n) is 2.83. The molecule has 2 aromatic rings. The Labute approximate surface area is 153 Å². The van der Waals surface area contributed by atoms with E-state index in [0.29, 0.717) is 10.6 Å². The first-order chi connectivity index (χ1) is 13.0. The quantitative estimate of drug-likeness (QED) is 0.344. The first kappa shape index (κ1) is 17.8. The maximum absolute atomic E-state index is 12.6. The van der Waals surface area contributed by atoms with Crippen molar-refractivity contribution in [1.82, 2.24) is 4.90 Å². The summed E-state index contributed by atoms with van der Waals surface area (Å²) in [6.07, 6.45) is 0. The van der Waals surface area contributed by atoms with Gasteiger partial charge in [-0.1, -0.05) is 24.3 Å². The zero-order valence-electron chi connectivity index (χ0n) is 13.9. The largest absolute Gasteiger partial charge is 0.297 e. The minimum Gasteiger partial charge on any atom is -0.297 e. The Kier molecular flexibility index (Phi) is 4.64. The molecule has 0 aromatic heterocycles. The highest BCUT2D eigenvalue weighted by molar-refractivity contribution is 6.24. The Balaban J connectivity index is 1.90. The standard InChI is InChI=1S/C18H12N4O5/c19-9-10-20(12-5-2-1-3-6-12)15(23)11-21-17(24)13-7-4-8-14(22(26)27)16(13)18(21)25/h1-8H,10-11H2. The molecular formula is C18H12N4O5. The summed E-state index contributed by atoms with van der Waals surface area (Å²) in [4.78, 5) is 49.9. The second-order valence-electron chi connectivity index (χ2n) is 5.63. The Morgan fingerprint density at radius 1 is 1.11 bits per heavy atom. The van der Waals surface area contributed by atoms with E-state index < -0.39 is 34.9 Å². The van der Waals surface area contributed by atoms with Crippen LogP contribution in [0.5, 0.6) is 0 Å². The lowest BCUT2D eigenvalue weighted by Gasteiger charge is -2.22. The topological polar surface area (TPSA) is 125 Å². The Morgan fingerprint density at radius 3 is 2.44 bits per heavy atom. The molecular weight excluding hydrogens is 352 g/mol. The molecule has 1 heterocycles. The molecule has 0 radical (unpaired) electrons. The van der Waals surface area contributed by atoms with Crippen molar-refractivity contribution in [2.24, 2.45) is 0 Å². The van der Waals surface area contributed by atoms with Crippen LogP contribution in [-0.2, 0) is 4.79 Å². The lowest BCUT2D eigenvalue weighted by atomic mass is 10.1. The van der Waals surface area contributed by atoms with Crippen molar-refractivity contribution in [1.29, 1.82) is 5.26 Å². The van der Waals surface area contributed by atoms with E-state index in [-0.39, 0.29) is 17.7 Å². The number of anilines is 1. The molecule has 0 N–H and O–H groups in total. The molecule has 0 spiro atoms. The van der Waals surface area contributed by atoms with Gasteiger partial charge in [-0.25, -0.2) is 0 Å². The lowest BCUT2D eigenvalue weighted by Crippen LogP contribution is -2.43. The summed E-state index contributed by atoms with van der Waals surface area (Å²) in [7, 11) is 0. The van der Waals surface area contributed by atoms with Crippen LogP contribution >= 0.6 is 0 Å². The van der Waals surface area contributed by atoms with Gasteiger partial charge in [0, 0.05) is 11.8 Å². The monoisotopic (exact) mass is 364 g/mol. The number of hydrogen-bond donors (Lipinski definition) is 0. The summed E-state index contributed by atoms with van der Waals surface area (Å²) in [5, 5.41) is 20.1. The van der Waals surface area contributed by atoms with E-state index in [1.165, 1.54) is 12.1 Å². The molecule has 0 fully saturated rings. The maximum Gasteiger partial charge on any atom is 0.282 e. The molecule has 0 bridgehead atoms. The number of nitro groups is 1. The number of rotatable bonds is 5. The van der Waals surface area contributed by atoms with Crippen molar-refractivity contribution >= 4 is 29.1 Å². The second kappa shape index (κ2) is 7.05. The van der Waals surface area contributed by atoms with Crippen molar-refractivity contribution < 1.29 is 19.3 Å². The number of amides is 3. The first-order valence-electron chi connectivity index (χ1n) is 7.81. The molecule has 134 valence electrons. The number of carbonyl (C=O) groups is 3. The molecule has 0 saturated carbocycles. The van der Waals surface area contributed by atoms with Crippen LogP contribution in [0.15, 0.2) is 48.5 Å². The van der Waals surface area contributed by atoms with E-state index in [0.717, 1.165) is 11.0 Å². The fourth-order valence-corrected chi connectivity index (χ4v) is 2.83. The van der Waals surface area contributed by atoms with Gasteiger partial charge in [-0.05, 0) is 18.2 Å². The van der Waals surface area contributed by atoms with Crippen molar-refractivity contribution in [2.75, 3.05) is 18.0 Å². The molecule has 0 saturated heterocycles. The van der Waals surface area contributed by atoms with E-state index >= 15 is 0 Å². The second-order valence-corrected chi connectivity index (χ2v) is 5.63. The van der Waals surface area contributed by atoms with Crippen molar-refractivity contribution in [3.05, 3.63) is 69.8 Å². The van der Waals surface area contributed by atoms with Gasteiger partial charge < -0.3 is 0 Å². The van der Waals surface area contributed by atoms with Gasteiger partial charge in [0.25, 0.3) is 17.5 Å². The van der Waals surface area contributed by atoms with Crippen LogP contribution in [0.4, 0.5) is 11.4 Å². The average molecular weight is 364 g/mol. The number of imide groups is 1. The van der Waals surface area contributed by atoms with Gasteiger partial charge in [0.2, 0.25) is 5.91 Å². The van der Waals surface area contributed by atoms with Crippen LogP contribution in [0.1, 0.15) is 20.7 Å². The van der Waals surface area contributed by atoms with Gasteiger partial charge in [-0.2, -0.15) is 5.26 Å². The van der Waals surface area contributed by atoms with Crippen LogP contribution in [0, 0.1) is 21.4 Å². The number of carbonyl (C=O) groups excluding carboxylic acids is 3. The molecule has 3 rings (SSSR count). The van der Waals surface area contributed by atoms with E-state index in [1.54, 1.807) is 30.3 Å². The Hall–Kier alpha value is -4.06. The predicted molar refractivity (Wildman–Crippen MR) is 92.9 cm³/mol. The molecule has 27 heavy (non-hydrogen) atoms. The van der Waals surface area contributed by atoms with Gasteiger partial charge in [0.1, 0.15) is 18.7 Å². The fraction of sp³-hybridized carbons (Fsp3) is 0.111. The molecule has 0 aliphatic carbocycles. The Morgan fingerprint density at radius 2 is 1.81 bits per heavy atom. The zero-order chi connectivity index (χ0) is 19.6. The number of nitriles is 1. The first-order valence-corrected chi connectivity index (χ1v) is 7.81. The minimum atomic E-state index is -0.902. The maximum atomic E-state index is 12.6. The van der Waals surface area contributed by atoms with Gasteiger partial charge in [0.05, 0.1) is 16.6 Å². The molecule has 0 unspecified atom stereocenters. The van der Waals surface area contributed by atoms with E-state index in [4.69, 9.17) is 5.26 Å². The highest BCUT2D eigenvalue weighted by atomic mass is 16.6. The summed E-state index contributed by atoms with van der Waals surface area (Å²) >= 11 is 0. The summed E-state index contributed by atoms with van der Waals surface area (Å²) in [5.41, 5.74) is -0.496. The zero-order valence-corrected chi connectivity index (χ0v) is 13.9. The number of fused-ring (bicyclic) bond motifs is 1. The average Bonchev–Trinajstić information content (AvgIpc) is 2.91. The summed E-state index contributed by atoms with van der Waals surface area (Å²) in [6.45, 7) is -0.897. The number of benzene rings is 2. The molecule has 9 nitrogen and oxygen atoms in total. The highest BCUT2D eigenvalue weighted by Crippen LogP contribution is 2.30. The third-order valence-corrected chi connectivity index (χ3v) is 4.06. The van der Waals surface area contributed by atoms with Crippen LogP contribution in [0.3, 0.4) is 0 Å². The lowest BCUT2D eigenvalue weighted by molar-refractivity contribution is -0.385. The van der Waals surface area contributed by atoms with Crippen LogP contribution in [-0.4, -0.2) is 40.6 Å². The van der Waals surface area contributed by atoms with Gasteiger partial charge in [0.15, 0.2) is 0 Å². The van der Waals surface area contributed by atoms with Crippen LogP contribution in [0.2, 0.25) is 0 Å². The number of para-hydroxylation sites is 1. The Bertz CT molecular complexity index is 997. The van der Waals surface area contributed by atoms with Crippen molar-refractivity contribution in [2.45, 2.75) is 0 Å². The van der Waals surface area contributed by atoms with Crippen LogP contribution in [0.25, 0.3) is 0 Å². The van der Waals surface area contributed by atoms with E-state index in [1.807, 2.05) is 6.07 Å². The molecule has 1 aliphatic heterocycles. The van der Waals surface area contributed by atoms with E-state index in [9.17, 15) is 24.5 Å². The molecule has 2 aromatic carbocycles. The van der Waals surface area contributed by atoms with Crippen LogP contribution < -0.4 is 4.90 Å². The molecule has 1 aliphatic rings. The van der Waals surface area contributed by atoms with Crippen molar-refractivity contribution in [3.8, 4) is 6.07 Å². The minimum absolute atomic E-state index is 0.117. The van der Waals surface area contributed by atoms with Crippen molar-refractivity contribution in [3.63, 3.8) is 0 Å². The normalized spacial score (nSPS) is 12.5. The van der Waals surface area contributed by atoms with Gasteiger partial charge in [-0.15, -0.1) is 0 Å². The highest BCUT2D eigenvalue weighted by Gasteiger charge is 2.42. The molecule has 9 heteroatoms. The third-order valence-electron chi connectivity index (χ3n) is 4.06. The third kappa shape index (κ3) is 3.11. The van der Waals surface area contributed by atoms with Gasteiger partial charge in [-0.3, -0.25) is 34.3 Å². The molecule has 3 amide bonds. The number of nitrogens with zero attached hydrogens (tertiary/aromatic N) is 4.